The molecule has 92 valence electrons. The Hall–Kier alpha value is -1.30. The molecule has 1 N–H and O–H groups in total. The van der Waals surface area contributed by atoms with Gasteiger partial charge < -0.3 is 10.2 Å². The molecule has 1 aliphatic rings. The molecule has 17 heavy (non-hydrogen) atoms. The van der Waals surface area contributed by atoms with Crippen molar-refractivity contribution in [1.82, 2.24) is 15.5 Å². The van der Waals surface area contributed by atoms with Crippen molar-refractivity contribution in [2.24, 2.45) is 0 Å². The Morgan fingerprint density at radius 2 is 2.35 bits per heavy atom. The number of nitrogens with one attached hydrogen (secondary N) is 1. The van der Waals surface area contributed by atoms with Crippen LogP contribution in [0.3, 0.4) is 0 Å². The fourth-order valence-corrected chi connectivity index (χ4v) is 2.78. The Labute approximate surface area is 105 Å². The zero-order valence-corrected chi connectivity index (χ0v) is 10.8. The minimum absolute atomic E-state index is 0.202. The van der Waals surface area contributed by atoms with Gasteiger partial charge in [-0.05, 0) is 12.1 Å². The smallest absolute Gasteiger partial charge is 0.271 e. The van der Waals surface area contributed by atoms with E-state index in [4.69, 9.17) is 0 Å². The first kappa shape index (κ1) is 12.2. The molecule has 6 heteroatoms. The largest absolute Gasteiger partial charge is 0.354 e. The summed E-state index contributed by atoms with van der Waals surface area (Å²) in [6.45, 7) is 4.19. The summed E-state index contributed by atoms with van der Waals surface area (Å²) in [5.74, 6) is 1.76. The van der Waals surface area contributed by atoms with Gasteiger partial charge in [0.15, 0.2) is 11.5 Å². The molecule has 0 aliphatic carbocycles. The van der Waals surface area contributed by atoms with Crippen LogP contribution in [0.25, 0.3) is 0 Å². The molecule has 1 unspecified atom stereocenters. The zero-order chi connectivity index (χ0) is 12.3. The number of hydrogen-bond acceptors (Lipinski definition) is 5. The van der Waals surface area contributed by atoms with Crippen LogP contribution in [0.5, 0.6) is 0 Å². The highest BCUT2D eigenvalue weighted by Crippen LogP contribution is 2.21. The minimum Gasteiger partial charge on any atom is -0.354 e. The van der Waals surface area contributed by atoms with Crippen LogP contribution in [0, 0.1) is 0 Å². The van der Waals surface area contributed by atoms with Gasteiger partial charge in [-0.3, -0.25) is 4.79 Å². The fraction of sp³-hybridized carbons (Fsp3) is 0.545. The molecule has 0 spiro atoms. The third-order valence-electron chi connectivity index (χ3n) is 2.68. The highest BCUT2D eigenvalue weighted by molar-refractivity contribution is 8.00. The third-order valence-corrected chi connectivity index (χ3v) is 3.81. The van der Waals surface area contributed by atoms with Crippen LogP contribution in [0.4, 0.5) is 5.82 Å². The summed E-state index contributed by atoms with van der Waals surface area (Å²) in [7, 11) is 1.58. The minimum atomic E-state index is -0.202. The standard InChI is InChI=1S/C11H16N4OS/c1-8-7-15(5-6-17-8)10-4-3-9(13-14-10)11(16)12-2/h3-4,8H,5-7H2,1-2H3,(H,12,16). The molecule has 5 nitrogen and oxygen atoms in total. The molecular formula is C11H16N4OS. The molecule has 0 radical (unpaired) electrons. The Kier molecular flexibility index (Phi) is 3.83. The van der Waals surface area contributed by atoms with E-state index >= 15 is 0 Å². The highest BCUT2D eigenvalue weighted by Gasteiger charge is 2.18. The van der Waals surface area contributed by atoms with Crippen molar-refractivity contribution < 1.29 is 4.79 Å². The van der Waals surface area contributed by atoms with Crippen molar-refractivity contribution in [3.05, 3.63) is 17.8 Å². The van der Waals surface area contributed by atoms with Crippen molar-refractivity contribution in [2.75, 3.05) is 30.8 Å². The number of thioether (sulfide) groups is 1. The van der Waals surface area contributed by atoms with E-state index in [0.29, 0.717) is 10.9 Å². The number of anilines is 1. The van der Waals surface area contributed by atoms with Crippen LogP contribution in [0.15, 0.2) is 12.1 Å². The van der Waals surface area contributed by atoms with Gasteiger partial charge in [-0.25, -0.2) is 0 Å². The van der Waals surface area contributed by atoms with Gasteiger partial charge in [0.25, 0.3) is 5.91 Å². The topological polar surface area (TPSA) is 58.1 Å². The number of rotatable bonds is 2. The predicted molar refractivity (Wildman–Crippen MR) is 69.6 cm³/mol. The van der Waals surface area contributed by atoms with Crippen LogP contribution >= 0.6 is 11.8 Å². The van der Waals surface area contributed by atoms with Gasteiger partial charge in [-0.15, -0.1) is 10.2 Å². The van der Waals surface area contributed by atoms with E-state index in [1.807, 2.05) is 17.8 Å². The van der Waals surface area contributed by atoms with Crippen molar-refractivity contribution in [3.8, 4) is 0 Å². The summed E-state index contributed by atoms with van der Waals surface area (Å²) in [5.41, 5.74) is 0.357. The number of carbonyl (C=O) groups excluding carboxylic acids is 1. The van der Waals surface area contributed by atoms with Gasteiger partial charge in [0, 0.05) is 31.1 Å². The number of carbonyl (C=O) groups is 1. The molecule has 0 saturated carbocycles. The summed E-state index contributed by atoms with van der Waals surface area (Å²) in [6, 6.07) is 3.58. The zero-order valence-electron chi connectivity index (χ0n) is 10.0. The molecule has 2 heterocycles. The Balaban J connectivity index is 2.09. The van der Waals surface area contributed by atoms with Crippen molar-refractivity contribution >= 4 is 23.5 Å². The molecule has 1 aromatic rings. The van der Waals surface area contributed by atoms with Gasteiger partial charge in [-0.2, -0.15) is 11.8 Å². The summed E-state index contributed by atoms with van der Waals surface area (Å²) in [5, 5.41) is 11.2. The molecule has 1 amide bonds. The lowest BCUT2D eigenvalue weighted by Crippen LogP contribution is -2.37. The van der Waals surface area contributed by atoms with E-state index in [2.05, 4.69) is 27.3 Å². The van der Waals surface area contributed by atoms with Crippen molar-refractivity contribution in [3.63, 3.8) is 0 Å². The van der Waals surface area contributed by atoms with E-state index in [-0.39, 0.29) is 5.91 Å². The number of aromatic nitrogens is 2. The van der Waals surface area contributed by atoms with Crippen molar-refractivity contribution in [2.45, 2.75) is 12.2 Å². The lowest BCUT2D eigenvalue weighted by Gasteiger charge is -2.31. The normalized spacial score (nSPS) is 20.1. The van der Waals surface area contributed by atoms with Crippen molar-refractivity contribution in [1.29, 1.82) is 0 Å². The molecule has 1 fully saturated rings. The summed E-state index contributed by atoms with van der Waals surface area (Å²) in [4.78, 5) is 13.5. The fourth-order valence-electron chi connectivity index (χ4n) is 1.77. The second-order valence-electron chi connectivity index (χ2n) is 3.98. The van der Waals surface area contributed by atoms with E-state index in [1.165, 1.54) is 0 Å². The van der Waals surface area contributed by atoms with E-state index in [1.54, 1.807) is 13.1 Å². The van der Waals surface area contributed by atoms with Crippen LogP contribution < -0.4 is 10.2 Å². The van der Waals surface area contributed by atoms with Gasteiger partial charge >= 0.3 is 0 Å². The van der Waals surface area contributed by atoms with E-state index < -0.39 is 0 Å². The first-order valence-electron chi connectivity index (χ1n) is 5.63. The molecule has 0 aromatic carbocycles. The molecular weight excluding hydrogens is 236 g/mol. The maximum atomic E-state index is 11.3. The van der Waals surface area contributed by atoms with Gasteiger partial charge in [0.05, 0.1) is 0 Å². The number of nitrogens with zero attached hydrogens (tertiary/aromatic N) is 3. The first-order chi connectivity index (χ1) is 8.20. The first-order valence-corrected chi connectivity index (χ1v) is 6.68. The van der Waals surface area contributed by atoms with Crippen LogP contribution in [0.1, 0.15) is 17.4 Å². The van der Waals surface area contributed by atoms with Gasteiger partial charge in [0.1, 0.15) is 0 Å². The second-order valence-corrected chi connectivity index (χ2v) is 5.53. The van der Waals surface area contributed by atoms with Crippen LogP contribution in [0.2, 0.25) is 0 Å². The molecule has 1 atom stereocenters. The van der Waals surface area contributed by atoms with E-state index in [9.17, 15) is 4.79 Å². The van der Waals surface area contributed by atoms with Crippen LogP contribution in [-0.4, -0.2) is 47.2 Å². The average molecular weight is 252 g/mol. The summed E-state index contributed by atoms with van der Waals surface area (Å²) in [6.07, 6.45) is 0. The average Bonchev–Trinajstić information content (AvgIpc) is 2.38. The Bertz CT molecular complexity index is 395. The lowest BCUT2D eigenvalue weighted by molar-refractivity contribution is 0.0957. The maximum Gasteiger partial charge on any atom is 0.271 e. The lowest BCUT2D eigenvalue weighted by atomic mass is 10.3. The molecule has 0 bridgehead atoms. The van der Waals surface area contributed by atoms with Gasteiger partial charge in [-0.1, -0.05) is 6.92 Å². The molecule has 1 aliphatic heterocycles. The summed E-state index contributed by atoms with van der Waals surface area (Å²) < 4.78 is 0. The second kappa shape index (κ2) is 5.35. The number of amides is 1. The monoisotopic (exact) mass is 252 g/mol. The maximum absolute atomic E-state index is 11.3. The van der Waals surface area contributed by atoms with Gasteiger partial charge in [0.2, 0.25) is 0 Å². The van der Waals surface area contributed by atoms with Crippen LogP contribution in [-0.2, 0) is 0 Å². The quantitative estimate of drug-likeness (QED) is 0.843. The Morgan fingerprint density at radius 3 is 2.94 bits per heavy atom. The van der Waals surface area contributed by atoms with E-state index in [0.717, 1.165) is 24.7 Å². The molecule has 1 aromatic heterocycles. The Morgan fingerprint density at radius 1 is 1.53 bits per heavy atom. The SMILES string of the molecule is CNC(=O)c1ccc(N2CCSC(C)C2)nn1. The molecule has 1 saturated heterocycles. The molecule has 2 rings (SSSR count). The number of hydrogen-bond donors (Lipinski definition) is 1. The third kappa shape index (κ3) is 2.88. The predicted octanol–water partition coefficient (Wildman–Crippen LogP) is 0.778. The summed E-state index contributed by atoms with van der Waals surface area (Å²) >= 11 is 1.97. The highest BCUT2D eigenvalue weighted by atomic mass is 32.2.